The van der Waals surface area contributed by atoms with Crippen molar-refractivity contribution in [3.05, 3.63) is 0 Å². The van der Waals surface area contributed by atoms with Crippen LogP contribution in [0.2, 0.25) is 0 Å². The Morgan fingerprint density at radius 3 is 1.57 bits per heavy atom. The van der Waals surface area contributed by atoms with E-state index in [0.717, 1.165) is 31.9 Å². The first-order chi connectivity index (χ1) is 13.6. The first-order valence-electron chi connectivity index (χ1n) is 11.1. The van der Waals surface area contributed by atoms with Crippen molar-refractivity contribution in [1.82, 2.24) is 16.0 Å². The average molecular weight is 398 g/mol. The number of carboxylic acids is 1. The summed E-state index contributed by atoms with van der Waals surface area (Å²) in [6, 6.07) is 0. The van der Waals surface area contributed by atoms with E-state index < -0.39 is 5.97 Å². The van der Waals surface area contributed by atoms with Crippen LogP contribution in [-0.4, -0.2) is 42.8 Å². The molecule has 0 spiro atoms. The van der Waals surface area contributed by atoms with Gasteiger partial charge in [-0.05, 0) is 12.8 Å². The summed E-state index contributed by atoms with van der Waals surface area (Å²) >= 11 is 0. The third-order valence-corrected chi connectivity index (χ3v) is 4.34. The SMILES string of the molecule is CC(=O)O.CCCCCCCCNC1=NCN=C(NCCCCCCCC)N1. The van der Waals surface area contributed by atoms with E-state index in [2.05, 4.69) is 39.8 Å². The molecule has 164 valence electrons. The summed E-state index contributed by atoms with van der Waals surface area (Å²) in [5.41, 5.74) is 0. The van der Waals surface area contributed by atoms with Crippen LogP contribution in [0.5, 0.6) is 0 Å². The van der Waals surface area contributed by atoms with Crippen molar-refractivity contribution in [2.75, 3.05) is 19.8 Å². The second-order valence-corrected chi connectivity index (χ2v) is 7.19. The Balaban J connectivity index is 0.00000165. The van der Waals surface area contributed by atoms with Crippen molar-refractivity contribution < 1.29 is 9.90 Å². The minimum atomic E-state index is -0.833. The summed E-state index contributed by atoms with van der Waals surface area (Å²) in [6.45, 7) is 8.10. The van der Waals surface area contributed by atoms with E-state index in [9.17, 15) is 0 Å². The number of nitrogens with one attached hydrogen (secondary N) is 3. The monoisotopic (exact) mass is 397 g/mol. The average Bonchev–Trinajstić information content (AvgIpc) is 2.66. The molecule has 0 unspecified atom stereocenters. The quantitative estimate of drug-likeness (QED) is 0.329. The summed E-state index contributed by atoms with van der Waals surface area (Å²) in [7, 11) is 0. The predicted molar refractivity (Wildman–Crippen MR) is 119 cm³/mol. The lowest BCUT2D eigenvalue weighted by molar-refractivity contribution is -0.134. The van der Waals surface area contributed by atoms with Crippen LogP contribution in [-0.2, 0) is 4.79 Å². The molecule has 0 fully saturated rings. The standard InChI is InChI=1S/C19H39N5.C2H4O2/c1-3-5-7-9-11-13-15-20-18-22-17-23-19(24-18)21-16-14-12-10-8-6-4-2;1-2(3)4/h3-17H2,1-2H3,(H3,20,21,22,23,24);1H3,(H,3,4). The van der Waals surface area contributed by atoms with Gasteiger partial charge in [0.15, 0.2) is 11.9 Å². The zero-order valence-electron chi connectivity index (χ0n) is 18.4. The molecule has 7 nitrogen and oxygen atoms in total. The fraction of sp³-hybridized carbons (Fsp3) is 0.857. The van der Waals surface area contributed by atoms with E-state index in [1.54, 1.807) is 0 Å². The number of aliphatic imine (C=N–C) groups is 2. The van der Waals surface area contributed by atoms with Crippen LogP contribution >= 0.6 is 0 Å². The lowest BCUT2D eigenvalue weighted by atomic mass is 10.1. The van der Waals surface area contributed by atoms with Gasteiger partial charge in [-0.1, -0.05) is 78.1 Å². The first-order valence-corrected chi connectivity index (χ1v) is 11.1. The molecule has 0 radical (unpaired) electrons. The molecular weight excluding hydrogens is 354 g/mol. The van der Waals surface area contributed by atoms with Crippen LogP contribution in [0.4, 0.5) is 0 Å². The number of hydrogen-bond donors (Lipinski definition) is 4. The maximum absolute atomic E-state index is 9.00. The Kier molecular flexibility index (Phi) is 18.7. The number of aliphatic carboxylic acids is 1. The minimum Gasteiger partial charge on any atom is -0.481 e. The van der Waals surface area contributed by atoms with E-state index in [4.69, 9.17) is 9.90 Å². The molecule has 1 heterocycles. The van der Waals surface area contributed by atoms with Crippen molar-refractivity contribution in [2.45, 2.75) is 97.8 Å². The van der Waals surface area contributed by atoms with Crippen molar-refractivity contribution in [1.29, 1.82) is 0 Å². The molecule has 0 atom stereocenters. The molecule has 1 aliphatic heterocycles. The number of hydrogen-bond acceptors (Lipinski definition) is 6. The Bertz CT molecular complexity index is 403. The highest BCUT2D eigenvalue weighted by Gasteiger charge is 2.07. The Labute approximate surface area is 171 Å². The summed E-state index contributed by atoms with van der Waals surface area (Å²) in [5, 5.41) is 17.4. The highest BCUT2D eigenvalue weighted by Crippen LogP contribution is 2.05. The van der Waals surface area contributed by atoms with Gasteiger partial charge in [-0.3, -0.25) is 10.1 Å². The molecule has 0 saturated carbocycles. The van der Waals surface area contributed by atoms with E-state index in [1.165, 1.54) is 77.0 Å². The van der Waals surface area contributed by atoms with Crippen LogP contribution in [0.1, 0.15) is 97.8 Å². The highest BCUT2D eigenvalue weighted by atomic mass is 16.4. The third-order valence-electron chi connectivity index (χ3n) is 4.34. The van der Waals surface area contributed by atoms with E-state index in [1.807, 2.05) is 0 Å². The summed E-state index contributed by atoms with van der Waals surface area (Å²) in [4.78, 5) is 17.7. The second kappa shape index (κ2) is 20.0. The molecule has 0 bridgehead atoms. The number of carbonyl (C=O) groups is 1. The zero-order valence-corrected chi connectivity index (χ0v) is 18.4. The van der Waals surface area contributed by atoms with Gasteiger partial charge in [-0.2, -0.15) is 0 Å². The predicted octanol–water partition coefficient (Wildman–Crippen LogP) is 4.25. The molecule has 0 aromatic carbocycles. The Morgan fingerprint density at radius 2 is 1.18 bits per heavy atom. The molecule has 0 aliphatic carbocycles. The molecule has 0 aromatic heterocycles. The van der Waals surface area contributed by atoms with Crippen molar-refractivity contribution >= 4 is 17.9 Å². The number of unbranched alkanes of at least 4 members (excludes halogenated alkanes) is 10. The fourth-order valence-corrected chi connectivity index (χ4v) is 2.79. The largest absolute Gasteiger partial charge is 0.481 e. The van der Waals surface area contributed by atoms with Crippen molar-refractivity contribution in [3.63, 3.8) is 0 Å². The lowest BCUT2D eigenvalue weighted by Gasteiger charge is -2.18. The zero-order chi connectivity index (χ0) is 20.9. The molecule has 0 amide bonds. The normalized spacial score (nSPS) is 12.8. The van der Waals surface area contributed by atoms with Crippen LogP contribution in [0, 0.1) is 0 Å². The number of rotatable bonds is 14. The van der Waals surface area contributed by atoms with Crippen LogP contribution < -0.4 is 16.0 Å². The number of guanidine groups is 2. The molecule has 1 rings (SSSR count). The van der Waals surface area contributed by atoms with E-state index >= 15 is 0 Å². The van der Waals surface area contributed by atoms with Crippen LogP contribution in [0.3, 0.4) is 0 Å². The minimum absolute atomic E-state index is 0.519. The molecule has 4 N–H and O–H groups in total. The topological polar surface area (TPSA) is 98.1 Å². The van der Waals surface area contributed by atoms with Crippen LogP contribution in [0.25, 0.3) is 0 Å². The fourth-order valence-electron chi connectivity index (χ4n) is 2.79. The summed E-state index contributed by atoms with van der Waals surface area (Å²) in [6.07, 6.45) is 15.8. The summed E-state index contributed by atoms with van der Waals surface area (Å²) < 4.78 is 0. The van der Waals surface area contributed by atoms with Crippen LogP contribution in [0.15, 0.2) is 9.98 Å². The first kappa shape index (κ1) is 26.2. The molecule has 0 aromatic rings. The number of carboxylic acid groups (broad SMARTS) is 1. The Hall–Kier alpha value is -1.79. The van der Waals surface area contributed by atoms with E-state index in [-0.39, 0.29) is 0 Å². The maximum atomic E-state index is 9.00. The van der Waals surface area contributed by atoms with Crippen molar-refractivity contribution in [2.24, 2.45) is 9.98 Å². The van der Waals surface area contributed by atoms with Gasteiger partial charge >= 0.3 is 0 Å². The number of nitrogens with zero attached hydrogens (tertiary/aromatic N) is 2. The van der Waals surface area contributed by atoms with Gasteiger partial charge in [-0.15, -0.1) is 0 Å². The third kappa shape index (κ3) is 19.0. The van der Waals surface area contributed by atoms with Gasteiger partial charge in [0, 0.05) is 20.0 Å². The highest BCUT2D eigenvalue weighted by molar-refractivity contribution is 5.99. The van der Waals surface area contributed by atoms with Gasteiger partial charge in [0.2, 0.25) is 0 Å². The van der Waals surface area contributed by atoms with Gasteiger partial charge in [-0.25, -0.2) is 9.98 Å². The van der Waals surface area contributed by atoms with Gasteiger partial charge in [0.05, 0.1) is 0 Å². The van der Waals surface area contributed by atoms with E-state index in [0.29, 0.717) is 6.67 Å². The van der Waals surface area contributed by atoms with Gasteiger partial charge < -0.3 is 15.7 Å². The van der Waals surface area contributed by atoms with Gasteiger partial charge in [0.25, 0.3) is 5.97 Å². The second-order valence-electron chi connectivity index (χ2n) is 7.19. The smallest absolute Gasteiger partial charge is 0.300 e. The molecule has 0 saturated heterocycles. The molecular formula is C21H43N5O2. The molecule has 1 aliphatic rings. The molecule has 7 heteroatoms. The maximum Gasteiger partial charge on any atom is 0.300 e. The lowest BCUT2D eigenvalue weighted by Crippen LogP contribution is -2.49. The summed E-state index contributed by atoms with van der Waals surface area (Å²) in [5.74, 6) is 0.896. The van der Waals surface area contributed by atoms with Gasteiger partial charge in [0.1, 0.15) is 6.67 Å². The van der Waals surface area contributed by atoms with Crippen molar-refractivity contribution in [3.8, 4) is 0 Å². The Morgan fingerprint density at radius 1 is 0.821 bits per heavy atom. The molecule has 28 heavy (non-hydrogen) atoms.